The number of hydrogen-bond donors (Lipinski definition) is 2. The largest absolute Gasteiger partial charge is 0.490 e. The van der Waals surface area contributed by atoms with Gasteiger partial charge in [0.25, 0.3) is 11.8 Å². The van der Waals surface area contributed by atoms with Crippen molar-refractivity contribution in [2.75, 3.05) is 11.9 Å². The molecular formula is C32H29N3O5. The summed E-state index contributed by atoms with van der Waals surface area (Å²) < 4.78 is 11.2. The van der Waals surface area contributed by atoms with Crippen LogP contribution in [0.5, 0.6) is 11.5 Å². The summed E-state index contributed by atoms with van der Waals surface area (Å²) in [6.07, 6.45) is 1.44. The summed E-state index contributed by atoms with van der Waals surface area (Å²) in [6, 6.07) is 25.9. The van der Waals surface area contributed by atoms with Crippen LogP contribution in [-0.2, 0) is 0 Å². The Morgan fingerprint density at radius 2 is 1.55 bits per heavy atom. The number of nitrogens with zero attached hydrogens (tertiary/aromatic N) is 1. The number of carbonyl (C=O) groups is 3. The van der Waals surface area contributed by atoms with E-state index in [-0.39, 0.29) is 17.2 Å². The molecule has 0 bridgehead atoms. The molecule has 0 aromatic heterocycles. The van der Waals surface area contributed by atoms with E-state index in [9.17, 15) is 14.4 Å². The van der Waals surface area contributed by atoms with Gasteiger partial charge in [0.2, 0.25) is 0 Å². The standard InChI is InChI=1S/C32H29N3O5/c1-4-39-29-19-23(14-17-28(29)40-32(38)25-9-7-8-22(3)18-25)20-33-35-31(37)26-10-5-6-11-27(26)34-30(36)24-15-12-21(2)13-16-24/h5-20H,4H2,1-3H3,(H,34,36)(H,35,37)/b33-20-. The van der Waals surface area contributed by atoms with Gasteiger partial charge in [-0.15, -0.1) is 0 Å². The van der Waals surface area contributed by atoms with Gasteiger partial charge in [-0.25, -0.2) is 10.2 Å². The van der Waals surface area contributed by atoms with Gasteiger partial charge in [-0.1, -0.05) is 47.5 Å². The molecule has 0 atom stereocenters. The van der Waals surface area contributed by atoms with Gasteiger partial charge < -0.3 is 14.8 Å². The predicted molar refractivity (Wildman–Crippen MR) is 154 cm³/mol. The van der Waals surface area contributed by atoms with Crippen LogP contribution in [0.25, 0.3) is 0 Å². The van der Waals surface area contributed by atoms with Crippen molar-refractivity contribution in [1.82, 2.24) is 5.43 Å². The number of aryl methyl sites for hydroxylation is 2. The van der Waals surface area contributed by atoms with Crippen molar-refractivity contribution in [3.63, 3.8) is 0 Å². The molecule has 0 fully saturated rings. The summed E-state index contributed by atoms with van der Waals surface area (Å²) in [5.74, 6) is -0.678. The van der Waals surface area contributed by atoms with Gasteiger partial charge in [-0.2, -0.15) is 5.10 Å². The number of para-hydroxylation sites is 1. The third kappa shape index (κ3) is 7.20. The molecule has 0 saturated carbocycles. The molecule has 0 saturated heterocycles. The minimum Gasteiger partial charge on any atom is -0.490 e. The number of carbonyl (C=O) groups excluding carboxylic acids is 3. The van der Waals surface area contributed by atoms with Crippen molar-refractivity contribution in [2.45, 2.75) is 20.8 Å². The van der Waals surface area contributed by atoms with E-state index in [1.54, 1.807) is 72.8 Å². The van der Waals surface area contributed by atoms with Crippen molar-refractivity contribution in [3.05, 3.63) is 124 Å². The van der Waals surface area contributed by atoms with Gasteiger partial charge >= 0.3 is 5.97 Å². The summed E-state index contributed by atoms with van der Waals surface area (Å²) in [4.78, 5) is 38.1. The van der Waals surface area contributed by atoms with Crippen molar-refractivity contribution >= 4 is 29.7 Å². The lowest BCUT2D eigenvalue weighted by atomic mass is 10.1. The molecule has 202 valence electrons. The molecule has 0 heterocycles. The maximum Gasteiger partial charge on any atom is 0.343 e. The van der Waals surface area contributed by atoms with Gasteiger partial charge in [0.05, 0.1) is 29.6 Å². The van der Waals surface area contributed by atoms with Crippen LogP contribution in [0.1, 0.15) is 54.7 Å². The quantitative estimate of drug-likeness (QED) is 0.119. The van der Waals surface area contributed by atoms with Gasteiger partial charge in [-0.3, -0.25) is 9.59 Å². The van der Waals surface area contributed by atoms with Gasteiger partial charge in [-0.05, 0) is 80.9 Å². The zero-order valence-electron chi connectivity index (χ0n) is 22.4. The monoisotopic (exact) mass is 535 g/mol. The molecule has 4 aromatic carbocycles. The number of amides is 2. The van der Waals surface area contributed by atoms with Crippen LogP contribution in [0, 0.1) is 13.8 Å². The Labute approximate surface area is 232 Å². The van der Waals surface area contributed by atoms with E-state index in [1.165, 1.54) is 6.21 Å². The second-order valence-corrected chi connectivity index (χ2v) is 8.96. The molecule has 0 aliphatic rings. The molecule has 4 aromatic rings. The topological polar surface area (TPSA) is 106 Å². The number of nitrogens with one attached hydrogen (secondary N) is 2. The van der Waals surface area contributed by atoms with Crippen LogP contribution >= 0.6 is 0 Å². The molecule has 0 unspecified atom stereocenters. The first-order valence-corrected chi connectivity index (χ1v) is 12.7. The Morgan fingerprint density at radius 3 is 2.30 bits per heavy atom. The molecule has 4 rings (SSSR count). The van der Waals surface area contributed by atoms with Gasteiger partial charge in [0, 0.05) is 5.56 Å². The smallest absolute Gasteiger partial charge is 0.343 e. The molecule has 2 N–H and O–H groups in total. The fourth-order valence-corrected chi connectivity index (χ4v) is 3.80. The van der Waals surface area contributed by atoms with Crippen LogP contribution in [0.15, 0.2) is 96.1 Å². The van der Waals surface area contributed by atoms with E-state index in [4.69, 9.17) is 9.47 Å². The number of ether oxygens (including phenoxy) is 2. The SMILES string of the molecule is CCOc1cc(/C=N\NC(=O)c2ccccc2NC(=O)c2ccc(C)cc2)ccc1OC(=O)c1cccc(C)c1. The Bertz CT molecular complexity index is 1560. The van der Waals surface area contributed by atoms with E-state index in [1.807, 2.05) is 39.0 Å². The van der Waals surface area contributed by atoms with Crippen molar-refractivity contribution in [1.29, 1.82) is 0 Å². The van der Waals surface area contributed by atoms with Crippen molar-refractivity contribution in [2.24, 2.45) is 5.10 Å². The fraction of sp³-hybridized carbons (Fsp3) is 0.125. The molecule has 8 heteroatoms. The van der Waals surface area contributed by atoms with E-state index < -0.39 is 11.9 Å². The average Bonchev–Trinajstić information content (AvgIpc) is 2.95. The average molecular weight is 536 g/mol. The second-order valence-electron chi connectivity index (χ2n) is 8.96. The molecule has 40 heavy (non-hydrogen) atoms. The zero-order chi connectivity index (χ0) is 28.5. The van der Waals surface area contributed by atoms with Crippen LogP contribution < -0.4 is 20.2 Å². The molecule has 0 spiro atoms. The van der Waals surface area contributed by atoms with Crippen LogP contribution in [0.4, 0.5) is 5.69 Å². The highest BCUT2D eigenvalue weighted by molar-refractivity contribution is 6.09. The van der Waals surface area contributed by atoms with Gasteiger partial charge in [0.15, 0.2) is 11.5 Å². The lowest BCUT2D eigenvalue weighted by Gasteiger charge is -2.12. The zero-order valence-corrected chi connectivity index (χ0v) is 22.4. The lowest BCUT2D eigenvalue weighted by Crippen LogP contribution is -2.21. The normalized spacial score (nSPS) is 10.7. The Kier molecular flexibility index (Phi) is 9.04. The Balaban J connectivity index is 1.43. The van der Waals surface area contributed by atoms with E-state index in [0.717, 1.165) is 11.1 Å². The molecule has 0 radical (unpaired) electrons. The minimum atomic E-state index is -0.496. The molecular weight excluding hydrogens is 506 g/mol. The number of hydrogen-bond acceptors (Lipinski definition) is 6. The van der Waals surface area contributed by atoms with Crippen molar-refractivity contribution in [3.8, 4) is 11.5 Å². The van der Waals surface area contributed by atoms with Gasteiger partial charge in [0.1, 0.15) is 0 Å². The predicted octanol–water partition coefficient (Wildman–Crippen LogP) is 5.94. The Morgan fingerprint density at radius 1 is 0.775 bits per heavy atom. The molecule has 8 nitrogen and oxygen atoms in total. The maximum absolute atomic E-state index is 12.9. The third-order valence-corrected chi connectivity index (χ3v) is 5.84. The number of esters is 1. The number of benzene rings is 4. The lowest BCUT2D eigenvalue weighted by molar-refractivity contribution is 0.0727. The summed E-state index contributed by atoms with van der Waals surface area (Å²) in [5.41, 5.74) is 6.63. The number of rotatable bonds is 9. The first-order chi connectivity index (χ1) is 19.3. The first kappa shape index (κ1) is 27.8. The van der Waals surface area contributed by atoms with Crippen molar-refractivity contribution < 1.29 is 23.9 Å². The van der Waals surface area contributed by atoms with E-state index in [2.05, 4.69) is 15.8 Å². The summed E-state index contributed by atoms with van der Waals surface area (Å²) in [6.45, 7) is 6.02. The fourth-order valence-electron chi connectivity index (χ4n) is 3.80. The van der Waals surface area contributed by atoms with Crippen LogP contribution in [-0.4, -0.2) is 30.6 Å². The second kappa shape index (κ2) is 13.0. The third-order valence-electron chi connectivity index (χ3n) is 5.84. The Hall–Kier alpha value is -5.24. The highest BCUT2D eigenvalue weighted by Crippen LogP contribution is 2.29. The number of hydrazone groups is 1. The first-order valence-electron chi connectivity index (χ1n) is 12.7. The summed E-state index contributed by atoms with van der Waals surface area (Å²) in [7, 11) is 0. The summed E-state index contributed by atoms with van der Waals surface area (Å²) in [5, 5.41) is 6.84. The highest BCUT2D eigenvalue weighted by atomic mass is 16.6. The van der Waals surface area contributed by atoms with E-state index in [0.29, 0.717) is 34.7 Å². The van der Waals surface area contributed by atoms with Crippen LogP contribution in [0.3, 0.4) is 0 Å². The minimum absolute atomic E-state index is 0.258. The van der Waals surface area contributed by atoms with E-state index >= 15 is 0 Å². The molecule has 0 aliphatic heterocycles. The maximum atomic E-state index is 12.9. The number of anilines is 1. The summed E-state index contributed by atoms with van der Waals surface area (Å²) >= 11 is 0. The molecule has 0 aliphatic carbocycles. The van der Waals surface area contributed by atoms with Crippen LogP contribution in [0.2, 0.25) is 0 Å². The highest BCUT2D eigenvalue weighted by Gasteiger charge is 2.15. The molecule has 2 amide bonds.